The molecule has 0 radical (unpaired) electrons. The Balaban J connectivity index is 1.97. The number of H-pyrrole nitrogens is 1. The molecule has 0 saturated heterocycles. The molecule has 0 unspecified atom stereocenters. The van der Waals surface area contributed by atoms with Gasteiger partial charge in [-0.1, -0.05) is 26.0 Å². The first-order valence-electron chi connectivity index (χ1n) is 6.39. The van der Waals surface area contributed by atoms with E-state index in [1.807, 2.05) is 18.5 Å². The Morgan fingerprint density at radius 1 is 1.05 bits per heavy atom. The van der Waals surface area contributed by atoms with E-state index in [0.717, 1.165) is 22.8 Å². The van der Waals surface area contributed by atoms with Gasteiger partial charge in [0.05, 0.1) is 5.69 Å². The summed E-state index contributed by atoms with van der Waals surface area (Å²) in [5.74, 6) is 1.48. The number of hydrogen-bond donors (Lipinski definition) is 1. The average molecular weight is 252 g/mol. The van der Waals surface area contributed by atoms with Crippen molar-refractivity contribution in [1.29, 1.82) is 0 Å². The van der Waals surface area contributed by atoms with E-state index in [9.17, 15) is 0 Å². The zero-order valence-electron chi connectivity index (χ0n) is 11.0. The predicted molar refractivity (Wildman–Crippen MR) is 75.2 cm³/mol. The van der Waals surface area contributed by atoms with Crippen molar-refractivity contribution in [3.8, 4) is 16.9 Å². The molecule has 4 nitrogen and oxygen atoms in total. The highest BCUT2D eigenvalue weighted by molar-refractivity contribution is 5.60. The van der Waals surface area contributed by atoms with Crippen molar-refractivity contribution in [2.75, 3.05) is 0 Å². The number of nitrogens with one attached hydrogen (secondary N) is 1. The first-order chi connectivity index (χ1) is 9.25. The average Bonchev–Trinajstić information content (AvgIpc) is 3.10. The van der Waals surface area contributed by atoms with Gasteiger partial charge in [-0.3, -0.25) is 5.10 Å². The summed E-state index contributed by atoms with van der Waals surface area (Å²) in [6.45, 7) is 4.30. The molecule has 0 aliphatic carbocycles. The van der Waals surface area contributed by atoms with E-state index >= 15 is 0 Å². The zero-order valence-corrected chi connectivity index (χ0v) is 11.0. The number of nitrogens with zero attached hydrogens (tertiary/aromatic N) is 3. The van der Waals surface area contributed by atoms with Crippen molar-refractivity contribution in [2.45, 2.75) is 19.8 Å². The highest BCUT2D eigenvalue weighted by Gasteiger charge is 2.08. The monoisotopic (exact) mass is 252 g/mol. The smallest absolute Gasteiger partial charge is 0.115 e. The second-order valence-electron chi connectivity index (χ2n) is 4.83. The SMILES string of the molecule is CC(C)c1nccn1-c1ccc(-c2ccn[nH]2)cc1. The molecule has 3 aromatic rings. The van der Waals surface area contributed by atoms with Crippen LogP contribution in [0.25, 0.3) is 16.9 Å². The van der Waals surface area contributed by atoms with Gasteiger partial charge in [0.1, 0.15) is 5.82 Å². The van der Waals surface area contributed by atoms with Gasteiger partial charge < -0.3 is 4.57 Å². The molecule has 0 fully saturated rings. The minimum atomic E-state index is 0.405. The Morgan fingerprint density at radius 2 is 1.84 bits per heavy atom. The maximum atomic E-state index is 4.41. The molecule has 0 aliphatic rings. The minimum absolute atomic E-state index is 0.405. The van der Waals surface area contributed by atoms with Crippen LogP contribution in [0.2, 0.25) is 0 Å². The lowest BCUT2D eigenvalue weighted by Crippen LogP contribution is -2.02. The zero-order chi connectivity index (χ0) is 13.2. The molecule has 96 valence electrons. The molecule has 0 atom stereocenters. The van der Waals surface area contributed by atoms with Crippen LogP contribution < -0.4 is 0 Å². The Morgan fingerprint density at radius 3 is 2.47 bits per heavy atom. The van der Waals surface area contributed by atoms with Crippen LogP contribution in [-0.4, -0.2) is 19.7 Å². The molecule has 1 aromatic carbocycles. The summed E-state index contributed by atoms with van der Waals surface area (Å²) < 4.78 is 2.13. The third kappa shape index (κ3) is 2.17. The first-order valence-corrected chi connectivity index (χ1v) is 6.39. The van der Waals surface area contributed by atoms with Crippen LogP contribution in [0.1, 0.15) is 25.6 Å². The molecule has 0 amide bonds. The molecule has 0 spiro atoms. The van der Waals surface area contributed by atoms with Crippen molar-refractivity contribution >= 4 is 0 Å². The molecule has 19 heavy (non-hydrogen) atoms. The summed E-state index contributed by atoms with van der Waals surface area (Å²) >= 11 is 0. The second-order valence-corrected chi connectivity index (χ2v) is 4.83. The van der Waals surface area contributed by atoms with Gasteiger partial charge in [0.2, 0.25) is 0 Å². The number of benzene rings is 1. The van der Waals surface area contributed by atoms with Crippen LogP contribution in [0.5, 0.6) is 0 Å². The van der Waals surface area contributed by atoms with E-state index in [2.05, 4.69) is 57.9 Å². The Labute approximate surface area is 112 Å². The summed E-state index contributed by atoms with van der Waals surface area (Å²) in [6, 6.07) is 10.3. The standard InChI is InChI=1S/C15H16N4/c1-11(2)15-16-9-10-19(15)13-5-3-12(4-6-13)14-7-8-17-18-14/h3-11H,1-2H3,(H,17,18). The summed E-state index contributed by atoms with van der Waals surface area (Å²) in [5, 5.41) is 6.94. The number of aromatic nitrogens is 4. The van der Waals surface area contributed by atoms with E-state index in [1.54, 1.807) is 6.20 Å². The normalized spacial score (nSPS) is 11.1. The van der Waals surface area contributed by atoms with Crippen LogP contribution in [-0.2, 0) is 0 Å². The highest BCUT2D eigenvalue weighted by Crippen LogP contribution is 2.21. The fourth-order valence-corrected chi connectivity index (χ4v) is 2.18. The van der Waals surface area contributed by atoms with Crippen molar-refractivity contribution in [3.63, 3.8) is 0 Å². The minimum Gasteiger partial charge on any atom is -0.304 e. The van der Waals surface area contributed by atoms with Crippen molar-refractivity contribution in [2.24, 2.45) is 0 Å². The third-order valence-corrected chi connectivity index (χ3v) is 3.14. The molecule has 0 saturated carbocycles. The molecular formula is C15H16N4. The molecule has 2 heterocycles. The Hall–Kier alpha value is -2.36. The molecule has 2 aromatic heterocycles. The van der Waals surface area contributed by atoms with Crippen LogP contribution >= 0.6 is 0 Å². The quantitative estimate of drug-likeness (QED) is 0.776. The van der Waals surface area contributed by atoms with E-state index in [-0.39, 0.29) is 0 Å². The Bertz CT molecular complexity index is 648. The summed E-state index contributed by atoms with van der Waals surface area (Å²) in [7, 11) is 0. The van der Waals surface area contributed by atoms with Crippen LogP contribution in [0, 0.1) is 0 Å². The first kappa shape index (κ1) is 11.7. The second kappa shape index (κ2) is 4.72. The lowest BCUT2D eigenvalue weighted by Gasteiger charge is -2.10. The van der Waals surface area contributed by atoms with E-state index < -0.39 is 0 Å². The van der Waals surface area contributed by atoms with Gasteiger partial charge in [0, 0.05) is 30.2 Å². The van der Waals surface area contributed by atoms with Crippen LogP contribution in [0.3, 0.4) is 0 Å². The summed E-state index contributed by atoms with van der Waals surface area (Å²) in [5.41, 5.74) is 3.29. The molecule has 0 aliphatic heterocycles. The van der Waals surface area contributed by atoms with Crippen molar-refractivity contribution < 1.29 is 0 Å². The highest BCUT2D eigenvalue weighted by atomic mass is 15.1. The maximum Gasteiger partial charge on any atom is 0.115 e. The van der Waals surface area contributed by atoms with E-state index in [4.69, 9.17) is 0 Å². The summed E-state index contributed by atoms with van der Waals surface area (Å²) in [6.07, 6.45) is 5.61. The van der Waals surface area contributed by atoms with Gasteiger partial charge in [-0.05, 0) is 23.8 Å². The fourth-order valence-electron chi connectivity index (χ4n) is 2.18. The predicted octanol–water partition coefficient (Wildman–Crippen LogP) is 3.39. The third-order valence-electron chi connectivity index (χ3n) is 3.14. The molecule has 3 rings (SSSR count). The number of hydrogen-bond acceptors (Lipinski definition) is 2. The van der Waals surface area contributed by atoms with Crippen LogP contribution in [0.15, 0.2) is 48.9 Å². The van der Waals surface area contributed by atoms with Gasteiger partial charge in [-0.15, -0.1) is 0 Å². The van der Waals surface area contributed by atoms with Gasteiger partial charge >= 0.3 is 0 Å². The van der Waals surface area contributed by atoms with Crippen molar-refractivity contribution in [3.05, 3.63) is 54.7 Å². The van der Waals surface area contributed by atoms with Gasteiger partial charge in [0.25, 0.3) is 0 Å². The van der Waals surface area contributed by atoms with Gasteiger partial charge in [-0.2, -0.15) is 5.10 Å². The number of aromatic amines is 1. The Kier molecular flexibility index (Phi) is 2.91. The fraction of sp³-hybridized carbons (Fsp3) is 0.200. The van der Waals surface area contributed by atoms with Crippen molar-refractivity contribution in [1.82, 2.24) is 19.7 Å². The van der Waals surface area contributed by atoms with Gasteiger partial charge in [0.15, 0.2) is 0 Å². The maximum absolute atomic E-state index is 4.41. The van der Waals surface area contributed by atoms with E-state index in [1.165, 1.54) is 0 Å². The van der Waals surface area contributed by atoms with Crippen LogP contribution in [0.4, 0.5) is 0 Å². The number of rotatable bonds is 3. The largest absolute Gasteiger partial charge is 0.304 e. The molecule has 4 heteroatoms. The molecule has 1 N–H and O–H groups in total. The lowest BCUT2D eigenvalue weighted by atomic mass is 10.1. The summed E-state index contributed by atoms with van der Waals surface area (Å²) in [4.78, 5) is 4.41. The molecule has 0 bridgehead atoms. The molecular weight excluding hydrogens is 236 g/mol. The van der Waals surface area contributed by atoms with E-state index in [0.29, 0.717) is 5.92 Å². The number of imidazole rings is 1. The topological polar surface area (TPSA) is 46.5 Å². The lowest BCUT2D eigenvalue weighted by molar-refractivity contribution is 0.752. The van der Waals surface area contributed by atoms with Gasteiger partial charge in [-0.25, -0.2) is 4.98 Å².